The van der Waals surface area contributed by atoms with Crippen LogP contribution < -0.4 is 5.32 Å². The Morgan fingerprint density at radius 2 is 1.76 bits per heavy atom. The Morgan fingerprint density at radius 3 is 2.48 bits per heavy atom. The first-order valence-electron chi connectivity index (χ1n) is 9.10. The lowest BCUT2D eigenvalue weighted by molar-refractivity contribution is 0.279. The van der Waals surface area contributed by atoms with Crippen molar-refractivity contribution in [3.05, 3.63) is 18.0 Å². The molecule has 0 bridgehead atoms. The zero-order chi connectivity index (χ0) is 14.5. The van der Waals surface area contributed by atoms with Crippen molar-refractivity contribution in [1.82, 2.24) is 15.1 Å². The molecule has 1 aromatic rings. The van der Waals surface area contributed by atoms with Gasteiger partial charge in [-0.05, 0) is 44.6 Å². The third-order valence-electron chi connectivity index (χ3n) is 5.57. The molecular formula is C18H31N3. The Balaban J connectivity index is 1.47. The predicted octanol–water partition coefficient (Wildman–Crippen LogP) is 4.45. The molecule has 1 heterocycles. The van der Waals surface area contributed by atoms with Crippen LogP contribution in [0.25, 0.3) is 0 Å². The second-order valence-corrected chi connectivity index (χ2v) is 7.15. The van der Waals surface area contributed by atoms with Crippen LogP contribution in [0.4, 0.5) is 0 Å². The maximum Gasteiger partial charge on any atom is 0.0762 e. The monoisotopic (exact) mass is 289 g/mol. The van der Waals surface area contributed by atoms with Gasteiger partial charge in [-0.25, -0.2) is 0 Å². The molecule has 0 amide bonds. The summed E-state index contributed by atoms with van der Waals surface area (Å²) in [5.41, 5.74) is 1.21. The van der Waals surface area contributed by atoms with E-state index in [1.54, 1.807) is 0 Å². The smallest absolute Gasteiger partial charge is 0.0762 e. The summed E-state index contributed by atoms with van der Waals surface area (Å²) in [6, 6.07) is 3.49. The number of hydrogen-bond donors (Lipinski definition) is 1. The maximum atomic E-state index is 4.81. The SMILES string of the molecule is C[C@@H](NCc1ccn(C2CCCCC2)n1)C1CCCCC1. The molecule has 0 unspecified atom stereocenters. The fraction of sp³-hybridized carbons (Fsp3) is 0.833. The molecule has 1 aromatic heterocycles. The third-order valence-corrected chi connectivity index (χ3v) is 5.57. The van der Waals surface area contributed by atoms with Crippen molar-refractivity contribution in [2.24, 2.45) is 5.92 Å². The minimum atomic E-state index is 0.630. The van der Waals surface area contributed by atoms with Gasteiger partial charge in [0.15, 0.2) is 0 Å². The van der Waals surface area contributed by atoms with Gasteiger partial charge in [0.2, 0.25) is 0 Å². The van der Waals surface area contributed by atoms with Gasteiger partial charge in [0, 0.05) is 18.8 Å². The zero-order valence-electron chi connectivity index (χ0n) is 13.6. The lowest BCUT2D eigenvalue weighted by atomic mass is 9.84. The summed E-state index contributed by atoms with van der Waals surface area (Å²) in [5, 5.41) is 8.51. The highest BCUT2D eigenvalue weighted by atomic mass is 15.3. The highest BCUT2D eigenvalue weighted by Crippen LogP contribution is 2.28. The van der Waals surface area contributed by atoms with Gasteiger partial charge in [0.1, 0.15) is 0 Å². The zero-order valence-corrected chi connectivity index (χ0v) is 13.6. The van der Waals surface area contributed by atoms with Crippen LogP contribution in [0, 0.1) is 5.92 Å². The number of aromatic nitrogens is 2. The molecule has 21 heavy (non-hydrogen) atoms. The van der Waals surface area contributed by atoms with Crippen molar-refractivity contribution < 1.29 is 0 Å². The predicted molar refractivity (Wildman–Crippen MR) is 87.2 cm³/mol. The molecule has 2 aliphatic rings. The van der Waals surface area contributed by atoms with Crippen LogP contribution in [0.1, 0.15) is 82.9 Å². The standard InChI is InChI=1S/C18H31N3/c1-15(16-8-4-2-5-9-16)19-14-17-12-13-21(20-17)18-10-6-3-7-11-18/h12-13,15-16,18-19H,2-11,14H2,1H3/t15-/m1/s1. The summed E-state index contributed by atoms with van der Waals surface area (Å²) < 4.78 is 2.22. The van der Waals surface area contributed by atoms with E-state index in [0.29, 0.717) is 12.1 Å². The Morgan fingerprint density at radius 1 is 1.10 bits per heavy atom. The Kier molecular flexibility index (Phi) is 5.34. The van der Waals surface area contributed by atoms with E-state index in [4.69, 9.17) is 5.10 Å². The quantitative estimate of drug-likeness (QED) is 0.868. The van der Waals surface area contributed by atoms with Crippen molar-refractivity contribution in [1.29, 1.82) is 0 Å². The van der Waals surface area contributed by atoms with Gasteiger partial charge in [-0.15, -0.1) is 0 Å². The lowest BCUT2D eigenvalue weighted by Gasteiger charge is -2.28. The normalized spacial score (nSPS) is 23.3. The summed E-state index contributed by atoms with van der Waals surface area (Å²) in [6.45, 7) is 3.28. The summed E-state index contributed by atoms with van der Waals surface area (Å²) in [7, 11) is 0. The van der Waals surface area contributed by atoms with Crippen molar-refractivity contribution in [3.63, 3.8) is 0 Å². The molecule has 0 saturated heterocycles. The molecule has 0 aromatic carbocycles. The molecule has 2 aliphatic carbocycles. The maximum absolute atomic E-state index is 4.81. The average molecular weight is 289 g/mol. The molecule has 0 spiro atoms. The first kappa shape index (κ1) is 15.1. The van der Waals surface area contributed by atoms with Crippen LogP contribution in [-0.2, 0) is 6.54 Å². The van der Waals surface area contributed by atoms with Crippen LogP contribution in [0.5, 0.6) is 0 Å². The molecule has 3 rings (SSSR count). The second-order valence-electron chi connectivity index (χ2n) is 7.15. The fourth-order valence-electron chi connectivity index (χ4n) is 4.09. The van der Waals surface area contributed by atoms with Crippen LogP contribution in [0.3, 0.4) is 0 Å². The van der Waals surface area contributed by atoms with Gasteiger partial charge in [0.25, 0.3) is 0 Å². The molecule has 0 aliphatic heterocycles. The van der Waals surface area contributed by atoms with Crippen LogP contribution >= 0.6 is 0 Å². The largest absolute Gasteiger partial charge is 0.308 e. The molecular weight excluding hydrogens is 258 g/mol. The van der Waals surface area contributed by atoms with Crippen LogP contribution in [-0.4, -0.2) is 15.8 Å². The van der Waals surface area contributed by atoms with E-state index in [9.17, 15) is 0 Å². The van der Waals surface area contributed by atoms with E-state index < -0.39 is 0 Å². The van der Waals surface area contributed by atoms with E-state index in [2.05, 4.69) is 29.2 Å². The Hall–Kier alpha value is -0.830. The molecule has 118 valence electrons. The topological polar surface area (TPSA) is 29.9 Å². The minimum Gasteiger partial charge on any atom is -0.308 e. The lowest BCUT2D eigenvalue weighted by Crippen LogP contribution is -2.34. The highest BCUT2D eigenvalue weighted by molar-refractivity contribution is 5.00. The Bertz CT molecular complexity index is 414. The first-order valence-corrected chi connectivity index (χ1v) is 9.10. The van der Waals surface area contributed by atoms with Gasteiger partial charge < -0.3 is 5.32 Å². The molecule has 1 N–H and O–H groups in total. The van der Waals surface area contributed by atoms with E-state index >= 15 is 0 Å². The summed E-state index contributed by atoms with van der Waals surface area (Å²) in [5.74, 6) is 0.874. The number of hydrogen-bond acceptors (Lipinski definition) is 2. The number of rotatable bonds is 5. The van der Waals surface area contributed by atoms with Crippen molar-refractivity contribution >= 4 is 0 Å². The summed E-state index contributed by atoms with van der Waals surface area (Å²) in [6.07, 6.45) is 16.1. The van der Waals surface area contributed by atoms with E-state index in [1.807, 2.05) is 0 Å². The third kappa shape index (κ3) is 4.09. The van der Waals surface area contributed by atoms with E-state index in [0.717, 1.165) is 12.5 Å². The molecule has 2 saturated carbocycles. The van der Waals surface area contributed by atoms with Gasteiger partial charge in [-0.1, -0.05) is 38.5 Å². The minimum absolute atomic E-state index is 0.630. The van der Waals surface area contributed by atoms with Gasteiger partial charge >= 0.3 is 0 Å². The molecule has 2 fully saturated rings. The van der Waals surface area contributed by atoms with E-state index in [1.165, 1.54) is 69.9 Å². The van der Waals surface area contributed by atoms with Crippen molar-refractivity contribution in [3.8, 4) is 0 Å². The second kappa shape index (κ2) is 7.44. The molecule has 0 radical (unpaired) electrons. The van der Waals surface area contributed by atoms with E-state index in [-0.39, 0.29) is 0 Å². The molecule has 3 nitrogen and oxygen atoms in total. The van der Waals surface area contributed by atoms with Crippen molar-refractivity contribution in [2.75, 3.05) is 0 Å². The molecule has 3 heteroatoms. The first-order chi connectivity index (χ1) is 10.3. The summed E-state index contributed by atoms with van der Waals surface area (Å²) in [4.78, 5) is 0. The Labute approximate surface area is 129 Å². The average Bonchev–Trinajstić information content (AvgIpc) is 3.03. The van der Waals surface area contributed by atoms with Gasteiger partial charge in [0.05, 0.1) is 11.7 Å². The van der Waals surface area contributed by atoms with Crippen molar-refractivity contribution in [2.45, 2.75) is 89.8 Å². The fourth-order valence-corrected chi connectivity index (χ4v) is 4.09. The highest BCUT2D eigenvalue weighted by Gasteiger charge is 2.20. The van der Waals surface area contributed by atoms with Crippen LogP contribution in [0.2, 0.25) is 0 Å². The molecule has 1 atom stereocenters. The number of nitrogens with zero attached hydrogens (tertiary/aromatic N) is 2. The number of nitrogens with one attached hydrogen (secondary N) is 1. The summed E-state index contributed by atoms with van der Waals surface area (Å²) >= 11 is 0. The van der Waals surface area contributed by atoms with Crippen LogP contribution in [0.15, 0.2) is 12.3 Å². The van der Waals surface area contributed by atoms with Gasteiger partial charge in [-0.3, -0.25) is 4.68 Å². The van der Waals surface area contributed by atoms with Gasteiger partial charge in [-0.2, -0.15) is 5.10 Å².